The monoisotopic (exact) mass is 380 g/mol. The molecule has 3 aromatic rings. The van der Waals surface area contributed by atoms with Crippen molar-refractivity contribution in [3.8, 4) is 11.1 Å². The van der Waals surface area contributed by atoms with E-state index in [1.165, 1.54) is 0 Å². The molecule has 0 saturated carbocycles. The van der Waals surface area contributed by atoms with E-state index in [1.807, 2.05) is 64.1 Å². The smallest absolute Gasteiger partial charge is 0.241 e. The number of hydrogen-bond acceptors (Lipinski definition) is 3. The second kappa shape index (κ2) is 7.25. The van der Waals surface area contributed by atoms with E-state index in [1.54, 1.807) is 30.6 Å². The summed E-state index contributed by atoms with van der Waals surface area (Å²) in [6.45, 7) is 7.68. The number of benzene rings is 2. The Morgan fingerprint density at radius 1 is 0.926 bits per heavy atom. The first-order chi connectivity index (χ1) is 12.7. The summed E-state index contributed by atoms with van der Waals surface area (Å²) in [7, 11) is -3.64. The van der Waals surface area contributed by atoms with Crippen LogP contribution in [-0.4, -0.2) is 13.4 Å². The molecule has 0 fully saturated rings. The Bertz CT molecular complexity index is 1060. The molecule has 4 nitrogen and oxygen atoms in total. The third-order valence-corrected chi connectivity index (χ3v) is 6.29. The van der Waals surface area contributed by atoms with Gasteiger partial charge in [0.15, 0.2) is 0 Å². The predicted octanol–water partition coefficient (Wildman–Crippen LogP) is 4.58. The molecule has 0 aliphatic heterocycles. The van der Waals surface area contributed by atoms with E-state index in [9.17, 15) is 8.42 Å². The molecule has 0 bridgehead atoms. The number of nitrogens with zero attached hydrogens (tertiary/aromatic N) is 1. The summed E-state index contributed by atoms with van der Waals surface area (Å²) >= 11 is 0. The third kappa shape index (κ3) is 4.26. The van der Waals surface area contributed by atoms with Crippen molar-refractivity contribution in [2.24, 2.45) is 0 Å². The van der Waals surface area contributed by atoms with Crippen LogP contribution in [0.1, 0.15) is 30.5 Å². The van der Waals surface area contributed by atoms with Gasteiger partial charge in [-0.15, -0.1) is 0 Å². The Kier molecular flexibility index (Phi) is 5.18. The fourth-order valence-corrected chi connectivity index (χ4v) is 4.60. The summed E-state index contributed by atoms with van der Waals surface area (Å²) in [6, 6.07) is 16.9. The van der Waals surface area contributed by atoms with Gasteiger partial charge in [0.05, 0.1) is 10.4 Å². The predicted molar refractivity (Wildman–Crippen MR) is 109 cm³/mol. The van der Waals surface area contributed by atoms with E-state index >= 15 is 0 Å². The first-order valence-electron chi connectivity index (χ1n) is 8.81. The van der Waals surface area contributed by atoms with Gasteiger partial charge in [-0.1, -0.05) is 24.3 Å². The van der Waals surface area contributed by atoms with E-state index in [0.717, 1.165) is 27.8 Å². The SMILES string of the molecule is Cc1cccc(S(=O)(=O)NC(C)(C)c2ccc(C)c(-c3ccncc3)c2)c1. The Morgan fingerprint density at radius 3 is 2.30 bits per heavy atom. The van der Waals surface area contributed by atoms with Crippen LogP contribution in [0.2, 0.25) is 0 Å². The number of rotatable bonds is 5. The largest absolute Gasteiger partial charge is 0.265 e. The molecular weight excluding hydrogens is 356 g/mol. The summed E-state index contributed by atoms with van der Waals surface area (Å²) in [4.78, 5) is 4.34. The van der Waals surface area contributed by atoms with Crippen LogP contribution in [-0.2, 0) is 15.6 Å². The van der Waals surface area contributed by atoms with Crippen molar-refractivity contribution >= 4 is 10.0 Å². The standard InChI is InChI=1S/C22H24N2O2S/c1-16-6-5-7-20(14-16)27(25,26)24-22(3,4)19-9-8-17(2)21(15-19)18-10-12-23-13-11-18/h5-15,24H,1-4H3. The fourth-order valence-electron chi connectivity index (χ4n) is 3.09. The first-order valence-corrected chi connectivity index (χ1v) is 10.3. The topological polar surface area (TPSA) is 59.1 Å². The molecule has 1 heterocycles. The summed E-state index contributed by atoms with van der Waals surface area (Å²) in [5.74, 6) is 0. The van der Waals surface area contributed by atoms with Crippen LogP contribution < -0.4 is 4.72 Å². The minimum absolute atomic E-state index is 0.275. The number of pyridine rings is 1. The van der Waals surface area contributed by atoms with Crippen molar-refractivity contribution < 1.29 is 8.42 Å². The molecule has 0 saturated heterocycles. The van der Waals surface area contributed by atoms with Gasteiger partial charge in [-0.3, -0.25) is 4.98 Å². The lowest BCUT2D eigenvalue weighted by Gasteiger charge is -2.27. The molecule has 1 aromatic heterocycles. The van der Waals surface area contributed by atoms with E-state index in [4.69, 9.17) is 0 Å². The van der Waals surface area contributed by atoms with E-state index < -0.39 is 15.6 Å². The molecule has 2 aromatic carbocycles. The summed E-state index contributed by atoms with van der Waals surface area (Å²) < 4.78 is 28.6. The highest BCUT2D eigenvalue weighted by Gasteiger charge is 2.28. The minimum Gasteiger partial charge on any atom is -0.265 e. The molecule has 0 amide bonds. The number of aromatic nitrogens is 1. The first kappa shape index (κ1) is 19.3. The molecular formula is C22H24N2O2S. The van der Waals surface area contributed by atoms with Gasteiger partial charge in [-0.05, 0) is 85.8 Å². The maximum atomic E-state index is 12.9. The average molecular weight is 381 g/mol. The normalized spacial score (nSPS) is 12.1. The Labute approximate surface area is 161 Å². The lowest BCUT2D eigenvalue weighted by molar-refractivity contribution is 0.472. The molecule has 1 N–H and O–H groups in total. The molecule has 0 radical (unpaired) electrons. The van der Waals surface area contributed by atoms with E-state index in [-0.39, 0.29) is 4.90 Å². The van der Waals surface area contributed by atoms with Crippen molar-refractivity contribution in [2.45, 2.75) is 38.1 Å². The minimum atomic E-state index is -3.64. The number of nitrogens with one attached hydrogen (secondary N) is 1. The van der Waals surface area contributed by atoms with Gasteiger partial charge in [-0.2, -0.15) is 0 Å². The van der Waals surface area contributed by atoms with Gasteiger partial charge < -0.3 is 0 Å². The van der Waals surface area contributed by atoms with Crippen LogP contribution in [0, 0.1) is 13.8 Å². The molecule has 0 unspecified atom stereocenters. The molecule has 5 heteroatoms. The second-order valence-corrected chi connectivity index (χ2v) is 8.99. The summed E-state index contributed by atoms with van der Waals surface area (Å²) in [5, 5.41) is 0. The lowest BCUT2D eigenvalue weighted by atomic mass is 9.90. The van der Waals surface area contributed by atoms with Crippen molar-refractivity contribution in [3.63, 3.8) is 0 Å². The average Bonchev–Trinajstić information content (AvgIpc) is 2.62. The number of aryl methyl sites for hydroxylation is 2. The lowest BCUT2D eigenvalue weighted by Crippen LogP contribution is -2.40. The van der Waals surface area contributed by atoms with Crippen LogP contribution in [0.4, 0.5) is 0 Å². The molecule has 0 spiro atoms. The van der Waals surface area contributed by atoms with Gasteiger partial charge in [0.1, 0.15) is 0 Å². The number of sulfonamides is 1. The Hall–Kier alpha value is -2.50. The van der Waals surface area contributed by atoms with Gasteiger partial charge >= 0.3 is 0 Å². The number of hydrogen-bond donors (Lipinski definition) is 1. The zero-order valence-electron chi connectivity index (χ0n) is 16.0. The van der Waals surface area contributed by atoms with Crippen LogP contribution >= 0.6 is 0 Å². The second-order valence-electron chi connectivity index (χ2n) is 7.31. The van der Waals surface area contributed by atoms with E-state index in [2.05, 4.69) is 9.71 Å². The van der Waals surface area contributed by atoms with Crippen LogP contribution in [0.25, 0.3) is 11.1 Å². The van der Waals surface area contributed by atoms with Crippen LogP contribution in [0.15, 0.2) is 71.9 Å². The molecule has 0 atom stereocenters. The molecule has 27 heavy (non-hydrogen) atoms. The van der Waals surface area contributed by atoms with Crippen LogP contribution in [0.5, 0.6) is 0 Å². The van der Waals surface area contributed by atoms with Gasteiger partial charge in [0.25, 0.3) is 0 Å². The van der Waals surface area contributed by atoms with Gasteiger partial charge in [0, 0.05) is 12.4 Å². The molecule has 0 aliphatic rings. The highest BCUT2D eigenvalue weighted by molar-refractivity contribution is 7.89. The van der Waals surface area contributed by atoms with Crippen molar-refractivity contribution in [1.82, 2.24) is 9.71 Å². The van der Waals surface area contributed by atoms with Crippen molar-refractivity contribution in [1.29, 1.82) is 0 Å². The quantitative estimate of drug-likeness (QED) is 0.705. The molecule has 0 aliphatic carbocycles. The Balaban J connectivity index is 1.98. The maximum absolute atomic E-state index is 12.9. The molecule has 140 valence electrons. The zero-order chi connectivity index (χ0) is 19.7. The summed E-state index contributed by atoms with van der Waals surface area (Å²) in [6.07, 6.45) is 3.51. The van der Waals surface area contributed by atoms with Gasteiger partial charge in [-0.25, -0.2) is 13.1 Å². The highest BCUT2D eigenvalue weighted by atomic mass is 32.2. The summed E-state index contributed by atoms with van der Waals surface area (Å²) in [5.41, 5.74) is 4.29. The zero-order valence-corrected chi connectivity index (χ0v) is 16.8. The Morgan fingerprint density at radius 2 is 1.63 bits per heavy atom. The van der Waals surface area contributed by atoms with Crippen molar-refractivity contribution in [3.05, 3.63) is 83.7 Å². The molecule has 3 rings (SSSR count). The van der Waals surface area contributed by atoms with E-state index in [0.29, 0.717) is 0 Å². The van der Waals surface area contributed by atoms with Crippen LogP contribution in [0.3, 0.4) is 0 Å². The highest BCUT2D eigenvalue weighted by Crippen LogP contribution is 2.30. The maximum Gasteiger partial charge on any atom is 0.241 e. The fraction of sp³-hybridized carbons (Fsp3) is 0.227. The third-order valence-electron chi connectivity index (χ3n) is 4.64. The van der Waals surface area contributed by atoms with Crippen molar-refractivity contribution in [2.75, 3.05) is 0 Å². The van der Waals surface area contributed by atoms with Gasteiger partial charge in [0.2, 0.25) is 10.0 Å².